The van der Waals surface area contributed by atoms with E-state index in [1.165, 1.54) is 11.8 Å². The average Bonchev–Trinajstić information content (AvgIpc) is 2.72. The average molecular weight is 395 g/mol. The molecule has 0 fully saturated rings. The molecule has 7 heteroatoms. The van der Waals surface area contributed by atoms with Crippen LogP contribution in [0.4, 0.5) is 4.79 Å². The van der Waals surface area contributed by atoms with Crippen LogP contribution in [-0.4, -0.2) is 33.9 Å². The molecule has 0 aliphatic carbocycles. The largest absolute Gasteiger partial charge is 0.335 e. The lowest BCUT2D eigenvalue weighted by atomic mass is 10.1. The van der Waals surface area contributed by atoms with Gasteiger partial charge in [-0.25, -0.2) is 4.79 Å². The summed E-state index contributed by atoms with van der Waals surface area (Å²) in [4.78, 5) is 23.8. The van der Waals surface area contributed by atoms with Crippen molar-refractivity contribution in [2.45, 2.75) is 31.3 Å². The quantitative estimate of drug-likeness (QED) is 0.617. The van der Waals surface area contributed by atoms with Crippen molar-refractivity contribution in [2.75, 3.05) is 5.75 Å². The van der Waals surface area contributed by atoms with Gasteiger partial charge in [-0.15, -0.1) is 10.2 Å². The van der Waals surface area contributed by atoms with E-state index < -0.39 is 6.03 Å². The summed E-state index contributed by atoms with van der Waals surface area (Å²) in [5.41, 5.74) is 1.79. The normalized spacial score (nSPS) is 11.8. The first kappa shape index (κ1) is 19.8. The van der Waals surface area contributed by atoms with Gasteiger partial charge in [0.1, 0.15) is 10.7 Å². The Balaban J connectivity index is 1.74. The summed E-state index contributed by atoms with van der Waals surface area (Å²) in [5, 5.41) is 16.3. The number of imide groups is 1. The zero-order valence-corrected chi connectivity index (χ0v) is 16.6. The summed E-state index contributed by atoms with van der Waals surface area (Å²) >= 11 is 1.26. The number of nitrogens with zero attached hydrogens (tertiary/aromatic N) is 2. The van der Waals surface area contributed by atoms with E-state index in [1.807, 2.05) is 68.4 Å². The van der Waals surface area contributed by atoms with E-state index in [4.69, 9.17) is 0 Å². The summed E-state index contributed by atoms with van der Waals surface area (Å²) in [6.07, 6.45) is 0.797. The number of aromatic nitrogens is 2. The number of carbonyl (C=O) groups is 2. The monoisotopic (exact) mass is 394 g/mol. The Labute approximate surface area is 168 Å². The van der Waals surface area contributed by atoms with Crippen LogP contribution in [0.3, 0.4) is 0 Å². The summed E-state index contributed by atoms with van der Waals surface area (Å²) in [7, 11) is 0. The molecule has 3 aromatic rings. The van der Waals surface area contributed by atoms with Gasteiger partial charge in [0.2, 0.25) is 5.91 Å². The number of carbonyl (C=O) groups excluding carboxylic acids is 2. The Morgan fingerprint density at radius 2 is 1.68 bits per heavy atom. The molecule has 0 aliphatic heterocycles. The van der Waals surface area contributed by atoms with Crippen molar-refractivity contribution in [1.29, 1.82) is 0 Å². The van der Waals surface area contributed by atoms with E-state index in [1.54, 1.807) is 0 Å². The summed E-state index contributed by atoms with van der Waals surface area (Å²) in [6, 6.07) is 17.3. The Bertz CT molecular complexity index is 979. The predicted molar refractivity (Wildman–Crippen MR) is 112 cm³/mol. The molecular weight excluding hydrogens is 372 g/mol. The molecule has 0 saturated heterocycles. The van der Waals surface area contributed by atoms with Crippen LogP contribution in [-0.2, 0) is 4.79 Å². The molecule has 2 aromatic carbocycles. The fourth-order valence-electron chi connectivity index (χ4n) is 2.65. The molecule has 0 saturated carbocycles. The fraction of sp³-hybridized carbons (Fsp3) is 0.238. The van der Waals surface area contributed by atoms with Gasteiger partial charge >= 0.3 is 6.03 Å². The highest BCUT2D eigenvalue weighted by Crippen LogP contribution is 2.31. The van der Waals surface area contributed by atoms with E-state index in [-0.39, 0.29) is 17.7 Å². The Hall–Kier alpha value is -2.93. The summed E-state index contributed by atoms with van der Waals surface area (Å²) in [6.45, 7) is 3.85. The number of amides is 3. The van der Waals surface area contributed by atoms with E-state index >= 15 is 0 Å². The van der Waals surface area contributed by atoms with Crippen molar-refractivity contribution in [3.8, 4) is 11.3 Å². The lowest BCUT2D eigenvalue weighted by Gasteiger charge is -2.12. The van der Waals surface area contributed by atoms with Gasteiger partial charge in [0.05, 0.1) is 5.75 Å². The van der Waals surface area contributed by atoms with Gasteiger partial charge in [-0.2, -0.15) is 0 Å². The molecule has 0 radical (unpaired) electrons. The van der Waals surface area contributed by atoms with Gasteiger partial charge in [-0.05, 0) is 13.3 Å². The molecule has 0 aliphatic rings. The number of nitrogens with one attached hydrogen (secondary N) is 2. The van der Waals surface area contributed by atoms with Crippen LogP contribution in [0, 0.1) is 0 Å². The molecule has 3 rings (SSSR count). The lowest BCUT2D eigenvalue weighted by Crippen LogP contribution is -2.43. The number of thioether (sulfide) groups is 1. The van der Waals surface area contributed by atoms with Crippen LogP contribution in [0.5, 0.6) is 0 Å². The van der Waals surface area contributed by atoms with Crippen molar-refractivity contribution in [3.63, 3.8) is 0 Å². The van der Waals surface area contributed by atoms with Crippen molar-refractivity contribution < 1.29 is 9.59 Å². The van der Waals surface area contributed by atoms with Gasteiger partial charge < -0.3 is 5.32 Å². The molecular formula is C21H22N4O2S. The zero-order chi connectivity index (χ0) is 19.9. The van der Waals surface area contributed by atoms with Crippen LogP contribution in [0.1, 0.15) is 20.3 Å². The summed E-state index contributed by atoms with van der Waals surface area (Å²) in [5.74, 6) is -0.291. The van der Waals surface area contributed by atoms with Crippen molar-refractivity contribution in [1.82, 2.24) is 20.8 Å². The Morgan fingerprint density at radius 3 is 2.39 bits per heavy atom. The smallest absolute Gasteiger partial charge is 0.321 e. The lowest BCUT2D eigenvalue weighted by molar-refractivity contribution is -0.117. The maximum atomic E-state index is 12.1. The minimum absolute atomic E-state index is 0.0146. The molecule has 1 atom stereocenters. The SMILES string of the molecule is CC[C@H](C)NC(=O)NC(=O)CSc1nnc(-c2ccccc2)c2ccccc12. The maximum absolute atomic E-state index is 12.1. The number of hydrogen-bond donors (Lipinski definition) is 2. The van der Waals surface area contributed by atoms with Gasteiger partial charge in [-0.3, -0.25) is 10.1 Å². The van der Waals surface area contributed by atoms with Crippen LogP contribution in [0.15, 0.2) is 59.6 Å². The molecule has 1 aromatic heterocycles. The molecule has 144 valence electrons. The van der Waals surface area contributed by atoms with E-state index in [9.17, 15) is 9.59 Å². The molecule has 0 spiro atoms. The highest BCUT2D eigenvalue weighted by atomic mass is 32.2. The van der Waals surface area contributed by atoms with Crippen molar-refractivity contribution >= 4 is 34.5 Å². The molecule has 3 amide bonds. The Morgan fingerprint density at radius 1 is 1.00 bits per heavy atom. The van der Waals surface area contributed by atoms with Crippen LogP contribution in [0.25, 0.3) is 22.0 Å². The molecule has 2 N–H and O–H groups in total. The van der Waals surface area contributed by atoms with Gasteiger partial charge in [0.25, 0.3) is 0 Å². The second-order valence-electron chi connectivity index (χ2n) is 6.38. The van der Waals surface area contributed by atoms with Crippen LogP contribution >= 0.6 is 11.8 Å². The molecule has 0 bridgehead atoms. The topological polar surface area (TPSA) is 84.0 Å². The van der Waals surface area contributed by atoms with Gasteiger partial charge in [0, 0.05) is 22.4 Å². The van der Waals surface area contributed by atoms with E-state index in [0.717, 1.165) is 28.5 Å². The van der Waals surface area contributed by atoms with Crippen LogP contribution in [0.2, 0.25) is 0 Å². The minimum Gasteiger partial charge on any atom is -0.335 e. The maximum Gasteiger partial charge on any atom is 0.321 e. The third-order valence-corrected chi connectivity index (χ3v) is 5.26. The first-order valence-electron chi connectivity index (χ1n) is 9.12. The van der Waals surface area contributed by atoms with E-state index in [2.05, 4.69) is 20.8 Å². The second-order valence-corrected chi connectivity index (χ2v) is 7.35. The predicted octanol–water partition coefficient (Wildman–Crippen LogP) is 4.01. The Kier molecular flexibility index (Phi) is 6.60. The van der Waals surface area contributed by atoms with Gasteiger partial charge in [0.15, 0.2) is 0 Å². The standard InChI is InChI=1S/C21H22N4O2S/c1-3-14(2)22-21(27)23-18(26)13-28-20-17-12-8-7-11-16(17)19(24-25-20)15-9-5-4-6-10-15/h4-12,14H,3,13H2,1-2H3,(H2,22,23,26,27)/t14-/m0/s1. The third-order valence-electron chi connectivity index (χ3n) is 4.28. The van der Waals surface area contributed by atoms with Crippen molar-refractivity contribution in [2.24, 2.45) is 0 Å². The number of benzene rings is 2. The molecule has 28 heavy (non-hydrogen) atoms. The number of rotatable bonds is 6. The van der Waals surface area contributed by atoms with Crippen molar-refractivity contribution in [3.05, 3.63) is 54.6 Å². The zero-order valence-electron chi connectivity index (χ0n) is 15.8. The highest BCUT2D eigenvalue weighted by molar-refractivity contribution is 8.00. The van der Waals surface area contributed by atoms with Crippen LogP contribution < -0.4 is 10.6 Å². The van der Waals surface area contributed by atoms with E-state index in [0.29, 0.717) is 5.03 Å². The summed E-state index contributed by atoms with van der Waals surface area (Å²) < 4.78 is 0. The molecule has 0 unspecified atom stereocenters. The first-order valence-corrected chi connectivity index (χ1v) is 10.1. The number of hydrogen-bond acceptors (Lipinski definition) is 5. The highest BCUT2D eigenvalue weighted by Gasteiger charge is 2.14. The first-order chi connectivity index (χ1) is 13.6. The molecule has 6 nitrogen and oxygen atoms in total. The number of urea groups is 1. The number of fused-ring (bicyclic) bond motifs is 1. The van der Waals surface area contributed by atoms with Gasteiger partial charge in [-0.1, -0.05) is 73.3 Å². The molecule has 1 heterocycles. The second kappa shape index (κ2) is 9.32. The third kappa shape index (κ3) is 4.86. The minimum atomic E-state index is -0.477. The fourth-order valence-corrected chi connectivity index (χ4v) is 3.43.